The number of nitro groups is 1. The van der Waals surface area contributed by atoms with E-state index >= 15 is 0 Å². The Labute approximate surface area is 165 Å². The first-order chi connectivity index (χ1) is 12.3. The Bertz CT molecular complexity index is 901. The minimum atomic E-state index is -0.484. The van der Waals surface area contributed by atoms with E-state index < -0.39 is 4.92 Å². The number of allylic oxidation sites excluding steroid dienone is 1. The molecule has 0 fully saturated rings. The van der Waals surface area contributed by atoms with Crippen LogP contribution >= 0.6 is 22.6 Å². The molecular formula is C19H17IN2O4. The van der Waals surface area contributed by atoms with Crippen LogP contribution in [-0.4, -0.2) is 18.1 Å². The Morgan fingerprint density at radius 3 is 2.65 bits per heavy atom. The largest absolute Gasteiger partial charge is 0.493 e. The molecule has 0 N–H and O–H groups in total. The number of methoxy groups -OCH3 is 1. The summed E-state index contributed by atoms with van der Waals surface area (Å²) in [6.07, 6.45) is 1.67. The summed E-state index contributed by atoms with van der Waals surface area (Å²) in [5.41, 5.74) is 1.49. The SMILES string of the molecule is COc1cc(C=C(C#N)c2cccc([N+](=O)[O-])c2)cc(I)c1OC(C)C. The van der Waals surface area contributed by atoms with Gasteiger partial charge >= 0.3 is 0 Å². The van der Waals surface area contributed by atoms with E-state index in [-0.39, 0.29) is 11.8 Å². The van der Waals surface area contributed by atoms with E-state index in [4.69, 9.17) is 9.47 Å². The highest BCUT2D eigenvalue weighted by Gasteiger charge is 2.14. The van der Waals surface area contributed by atoms with Crippen molar-refractivity contribution < 1.29 is 14.4 Å². The average molecular weight is 464 g/mol. The second-order valence-electron chi connectivity index (χ2n) is 5.68. The molecule has 0 aliphatic heterocycles. The van der Waals surface area contributed by atoms with Crippen LogP contribution in [0, 0.1) is 25.0 Å². The van der Waals surface area contributed by atoms with Crippen LogP contribution in [0.4, 0.5) is 5.69 Å². The fourth-order valence-electron chi connectivity index (χ4n) is 2.31. The Morgan fingerprint density at radius 2 is 2.08 bits per heavy atom. The molecule has 0 amide bonds. The lowest BCUT2D eigenvalue weighted by Crippen LogP contribution is -2.08. The fourth-order valence-corrected chi connectivity index (χ4v) is 3.06. The number of hydrogen-bond donors (Lipinski definition) is 0. The van der Waals surface area contributed by atoms with Gasteiger partial charge in [-0.05, 0) is 65.8 Å². The number of benzene rings is 2. The number of halogens is 1. The summed E-state index contributed by atoms with van der Waals surface area (Å²) in [5.74, 6) is 1.21. The van der Waals surface area contributed by atoms with Crippen molar-refractivity contribution in [3.8, 4) is 17.6 Å². The Hall–Kier alpha value is -2.60. The topological polar surface area (TPSA) is 85.4 Å². The number of nitrogens with zero attached hydrogens (tertiary/aromatic N) is 2. The van der Waals surface area contributed by atoms with Crippen LogP contribution in [0.25, 0.3) is 11.6 Å². The van der Waals surface area contributed by atoms with E-state index in [0.29, 0.717) is 22.6 Å². The summed E-state index contributed by atoms with van der Waals surface area (Å²) in [4.78, 5) is 10.5. The highest BCUT2D eigenvalue weighted by molar-refractivity contribution is 14.1. The van der Waals surface area contributed by atoms with Gasteiger partial charge in [-0.15, -0.1) is 0 Å². The third-order valence-corrected chi connectivity index (χ3v) is 4.21. The maximum absolute atomic E-state index is 10.9. The first-order valence-corrected chi connectivity index (χ1v) is 8.84. The van der Waals surface area contributed by atoms with Crippen molar-refractivity contribution in [2.75, 3.05) is 7.11 Å². The van der Waals surface area contributed by atoms with E-state index in [2.05, 4.69) is 28.7 Å². The normalized spacial score (nSPS) is 11.2. The molecular weight excluding hydrogens is 447 g/mol. The van der Waals surface area contributed by atoms with Crippen molar-refractivity contribution in [2.45, 2.75) is 20.0 Å². The van der Waals surface area contributed by atoms with Gasteiger partial charge in [0, 0.05) is 12.1 Å². The maximum Gasteiger partial charge on any atom is 0.270 e. The lowest BCUT2D eigenvalue weighted by Gasteiger charge is -2.16. The fraction of sp³-hybridized carbons (Fsp3) is 0.211. The zero-order valence-electron chi connectivity index (χ0n) is 14.5. The molecule has 134 valence electrons. The van der Waals surface area contributed by atoms with Crippen LogP contribution in [0.15, 0.2) is 36.4 Å². The van der Waals surface area contributed by atoms with Crippen LogP contribution in [0.2, 0.25) is 0 Å². The first-order valence-electron chi connectivity index (χ1n) is 7.76. The number of rotatable bonds is 6. The van der Waals surface area contributed by atoms with Crippen molar-refractivity contribution in [1.29, 1.82) is 5.26 Å². The van der Waals surface area contributed by atoms with Gasteiger partial charge in [0.2, 0.25) is 0 Å². The van der Waals surface area contributed by atoms with Gasteiger partial charge in [-0.25, -0.2) is 0 Å². The van der Waals surface area contributed by atoms with E-state index in [1.165, 1.54) is 12.1 Å². The third kappa shape index (κ3) is 4.73. The van der Waals surface area contributed by atoms with Crippen molar-refractivity contribution in [3.63, 3.8) is 0 Å². The second-order valence-corrected chi connectivity index (χ2v) is 6.84. The number of nitro benzene ring substituents is 1. The molecule has 0 unspecified atom stereocenters. The molecule has 0 saturated heterocycles. The van der Waals surface area contributed by atoms with Crippen molar-refractivity contribution in [3.05, 3.63) is 61.2 Å². The monoisotopic (exact) mass is 464 g/mol. The molecule has 0 atom stereocenters. The van der Waals surface area contributed by atoms with E-state index in [0.717, 1.165) is 9.13 Å². The maximum atomic E-state index is 10.9. The standard InChI is InChI=1S/C19H17IN2O4/c1-12(2)26-19-17(20)8-13(9-18(19)25-3)7-15(11-21)14-5-4-6-16(10-14)22(23)24/h4-10,12H,1-3H3. The number of non-ortho nitro benzene ring substituents is 1. The summed E-state index contributed by atoms with van der Waals surface area (Å²) < 4.78 is 12.0. The van der Waals surface area contributed by atoms with Crippen LogP contribution in [0.3, 0.4) is 0 Å². The van der Waals surface area contributed by atoms with Crippen LogP contribution in [0.5, 0.6) is 11.5 Å². The molecule has 7 heteroatoms. The Balaban J connectivity index is 2.50. The average Bonchev–Trinajstić information content (AvgIpc) is 2.61. The molecule has 0 spiro atoms. The number of hydrogen-bond acceptors (Lipinski definition) is 5. The van der Waals surface area contributed by atoms with Crippen molar-refractivity contribution >= 4 is 39.9 Å². The second kappa shape index (κ2) is 8.67. The lowest BCUT2D eigenvalue weighted by molar-refractivity contribution is -0.384. The van der Waals surface area contributed by atoms with Gasteiger partial charge in [0.15, 0.2) is 11.5 Å². The van der Waals surface area contributed by atoms with Gasteiger partial charge in [-0.2, -0.15) is 5.26 Å². The predicted octanol–water partition coefficient (Wildman–Crippen LogP) is 5.06. The van der Waals surface area contributed by atoms with Gasteiger partial charge in [0.1, 0.15) is 0 Å². The molecule has 2 rings (SSSR count). The smallest absolute Gasteiger partial charge is 0.270 e. The molecule has 0 aliphatic carbocycles. The minimum Gasteiger partial charge on any atom is -0.493 e. The van der Waals surface area contributed by atoms with Crippen LogP contribution in [0.1, 0.15) is 25.0 Å². The summed E-state index contributed by atoms with van der Waals surface area (Å²) >= 11 is 2.15. The van der Waals surface area contributed by atoms with Crippen LogP contribution < -0.4 is 9.47 Å². The predicted molar refractivity (Wildman–Crippen MR) is 108 cm³/mol. The van der Waals surface area contributed by atoms with Gasteiger partial charge in [0.05, 0.1) is 33.3 Å². The van der Waals surface area contributed by atoms with Crippen molar-refractivity contribution in [2.24, 2.45) is 0 Å². The zero-order chi connectivity index (χ0) is 19.3. The summed E-state index contributed by atoms with van der Waals surface area (Å²) in [6, 6.07) is 11.7. The summed E-state index contributed by atoms with van der Waals surface area (Å²) in [5, 5.41) is 20.4. The van der Waals surface area contributed by atoms with Crippen molar-refractivity contribution in [1.82, 2.24) is 0 Å². The zero-order valence-corrected chi connectivity index (χ0v) is 16.7. The Kier molecular flexibility index (Phi) is 6.58. The lowest BCUT2D eigenvalue weighted by atomic mass is 10.0. The van der Waals surface area contributed by atoms with Gasteiger partial charge < -0.3 is 9.47 Å². The molecule has 0 bridgehead atoms. The molecule has 0 radical (unpaired) electrons. The van der Waals surface area contributed by atoms with E-state index in [9.17, 15) is 15.4 Å². The molecule has 0 saturated carbocycles. The van der Waals surface area contributed by atoms with Gasteiger partial charge in [-0.3, -0.25) is 10.1 Å². The Morgan fingerprint density at radius 1 is 1.35 bits per heavy atom. The van der Waals surface area contributed by atoms with Gasteiger partial charge in [-0.1, -0.05) is 12.1 Å². The quantitative estimate of drug-likeness (QED) is 0.196. The number of nitriles is 1. The highest BCUT2D eigenvalue weighted by Crippen LogP contribution is 2.36. The van der Waals surface area contributed by atoms with E-state index in [1.807, 2.05) is 19.9 Å². The summed E-state index contributed by atoms with van der Waals surface area (Å²) in [7, 11) is 1.55. The molecule has 26 heavy (non-hydrogen) atoms. The van der Waals surface area contributed by atoms with Gasteiger partial charge in [0.25, 0.3) is 5.69 Å². The third-order valence-electron chi connectivity index (χ3n) is 3.40. The molecule has 2 aromatic rings. The van der Waals surface area contributed by atoms with Crippen LogP contribution in [-0.2, 0) is 0 Å². The first kappa shape index (κ1) is 19.7. The molecule has 0 heterocycles. The molecule has 0 aromatic heterocycles. The minimum absolute atomic E-state index is 0.00153. The van der Waals surface area contributed by atoms with E-state index in [1.54, 1.807) is 31.4 Å². The number of ether oxygens (including phenoxy) is 2. The summed E-state index contributed by atoms with van der Waals surface area (Å²) in [6.45, 7) is 3.86. The highest BCUT2D eigenvalue weighted by atomic mass is 127. The molecule has 2 aromatic carbocycles. The molecule has 6 nitrogen and oxygen atoms in total. The molecule has 0 aliphatic rings.